The minimum atomic E-state index is 0. The predicted molar refractivity (Wildman–Crippen MR) is 42.0 cm³/mol. The Morgan fingerprint density at radius 3 is 2.64 bits per heavy atom. The number of hydrogen-bond acceptors (Lipinski definition) is 0. The summed E-state index contributed by atoms with van der Waals surface area (Å²) in [4.78, 5) is 4.31. The summed E-state index contributed by atoms with van der Waals surface area (Å²) in [6.45, 7) is 2.01. The fourth-order valence-electron chi connectivity index (χ4n) is 1.16. The second-order valence-electron chi connectivity index (χ2n) is 2.46. The number of aryl methyl sites for hydroxylation is 1. The predicted octanol–water partition coefficient (Wildman–Crippen LogP) is 2.10. The van der Waals surface area contributed by atoms with Crippen LogP contribution in [0.15, 0.2) is 30.3 Å². The normalized spacial score (nSPS) is 9.55. The fourth-order valence-corrected chi connectivity index (χ4v) is 1.16. The van der Waals surface area contributed by atoms with Gasteiger partial charge in [-0.2, -0.15) is 5.69 Å². The van der Waals surface area contributed by atoms with Gasteiger partial charge in [0.2, 0.25) is 0 Å². The van der Waals surface area contributed by atoms with E-state index in [1.54, 1.807) is 0 Å². The van der Waals surface area contributed by atoms with Crippen LogP contribution in [0, 0.1) is 6.92 Å². The van der Waals surface area contributed by atoms with Crippen molar-refractivity contribution in [2.75, 3.05) is 0 Å². The number of nitrogens with zero attached hydrogens (tertiary/aromatic N) is 1. The van der Waals surface area contributed by atoms with Crippen molar-refractivity contribution in [2.24, 2.45) is 0 Å². The van der Waals surface area contributed by atoms with Crippen LogP contribution in [-0.2, 0) is 20.1 Å². The molecule has 0 aliphatic carbocycles. The van der Waals surface area contributed by atoms with Gasteiger partial charge < -0.3 is 4.98 Å². The summed E-state index contributed by atoms with van der Waals surface area (Å²) in [6, 6.07) is 10.2. The Labute approximate surface area is 79.2 Å². The van der Waals surface area contributed by atoms with Crippen molar-refractivity contribution >= 4 is 10.9 Å². The second kappa shape index (κ2) is 3.20. The first-order valence-corrected chi connectivity index (χ1v) is 3.35. The maximum absolute atomic E-state index is 4.31. The largest absolute Gasteiger partial charge is 0.661 e. The molecule has 59 valence electrons. The zero-order valence-corrected chi connectivity index (χ0v) is 8.56. The van der Waals surface area contributed by atoms with Crippen LogP contribution in [0.3, 0.4) is 0 Å². The zero-order valence-electron chi connectivity index (χ0n) is 6.17. The van der Waals surface area contributed by atoms with Crippen molar-refractivity contribution in [3.8, 4) is 0 Å². The van der Waals surface area contributed by atoms with Crippen LogP contribution >= 0.6 is 0 Å². The van der Waals surface area contributed by atoms with Gasteiger partial charge in [0.15, 0.2) is 0 Å². The molecule has 0 saturated heterocycles. The van der Waals surface area contributed by atoms with Crippen LogP contribution in [-0.4, -0.2) is 0 Å². The molecule has 0 aliphatic rings. The van der Waals surface area contributed by atoms with Gasteiger partial charge in [0, 0.05) is 20.1 Å². The van der Waals surface area contributed by atoms with Crippen molar-refractivity contribution in [2.45, 2.75) is 6.92 Å². The van der Waals surface area contributed by atoms with E-state index in [4.69, 9.17) is 0 Å². The third kappa shape index (κ3) is 1.52. The molecule has 0 saturated carbocycles. The third-order valence-corrected chi connectivity index (χ3v) is 1.60. The molecule has 1 radical (unpaired) electrons. The Kier molecular flexibility index (Phi) is 2.48. The van der Waals surface area contributed by atoms with Crippen molar-refractivity contribution in [3.63, 3.8) is 0 Å². The molecule has 0 amide bonds. The maximum Gasteiger partial charge on any atom is 0 e. The summed E-state index contributed by atoms with van der Waals surface area (Å²) < 4.78 is 0. The van der Waals surface area contributed by atoms with E-state index in [0.29, 0.717) is 0 Å². The summed E-state index contributed by atoms with van der Waals surface area (Å²) in [5, 5.41) is 1.24. The molecule has 1 heterocycles. The Morgan fingerprint density at radius 2 is 1.91 bits per heavy atom. The Morgan fingerprint density at radius 1 is 1.18 bits per heavy atom. The number of fused-ring (bicyclic) bond motifs is 1. The molecule has 0 spiro atoms. The summed E-state index contributed by atoms with van der Waals surface area (Å²) in [5.41, 5.74) is 2.20. The Bertz CT molecular complexity index is 318. The van der Waals surface area contributed by atoms with Crippen LogP contribution in [0.1, 0.15) is 5.69 Å². The molecule has 1 aromatic heterocycles. The molecule has 2 heteroatoms. The molecule has 0 aliphatic heterocycles. The molecule has 2 aromatic rings. The van der Waals surface area contributed by atoms with Gasteiger partial charge >= 0.3 is 0 Å². The Balaban J connectivity index is 0.000000605. The van der Waals surface area contributed by atoms with Gasteiger partial charge in [-0.3, -0.25) is 0 Å². The molecule has 0 atom stereocenters. The SMILES string of the molecule is Cc1cc2ccccc2[n-]1.[Ir]. The molecule has 0 N–H and O–H groups in total. The molecular weight excluding hydrogens is 314 g/mol. The van der Waals surface area contributed by atoms with Crippen LogP contribution in [0.25, 0.3) is 10.9 Å². The molecule has 0 fully saturated rings. The number of para-hydroxylation sites is 1. The van der Waals surface area contributed by atoms with E-state index in [2.05, 4.69) is 17.1 Å². The van der Waals surface area contributed by atoms with Gasteiger partial charge in [-0.25, -0.2) is 0 Å². The molecule has 2 rings (SSSR count). The number of hydrogen-bond donors (Lipinski definition) is 0. The Hall–Kier alpha value is -0.591. The minimum absolute atomic E-state index is 0. The minimum Gasteiger partial charge on any atom is -0.661 e. The van der Waals surface area contributed by atoms with Gasteiger partial charge in [0.1, 0.15) is 0 Å². The van der Waals surface area contributed by atoms with Gasteiger partial charge in [-0.15, -0.1) is 5.52 Å². The summed E-state index contributed by atoms with van der Waals surface area (Å²) in [7, 11) is 0. The summed E-state index contributed by atoms with van der Waals surface area (Å²) in [5.74, 6) is 0. The van der Waals surface area contributed by atoms with Gasteiger partial charge in [-0.05, 0) is 5.39 Å². The fraction of sp³-hybridized carbons (Fsp3) is 0.111. The molecule has 0 bridgehead atoms. The molecule has 1 nitrogen and oxygen atoms in total. The number of aromatic nitrogens is 1. The van der Waals surface area contributed by atoms with E-state index in [1.165, 1.54) is 5.39 Å². The average Bonchev–Trinajstić information content (AvgIpc) is 2.27. The van der Waals surface area contributed by atoms with Crippen LogP contribution < -0.4 is 4.98 Å². The first-order chi connectivity index (χ1) is 4.86. The van der Waals surface area contributed by atoms with Crippen LogP contribution in [0.2, 0.25) is 0 Å². The second-order valence-corrected chi connectivity index (χ2v) is 2.46. The van der Waals surface area contributed by atoms with Crippen molar-refractivity contribution in [1.82, 2.24) is 4.98 Å². The van der Waals surface area contributed by atoms with Crippen LogP contribution in [0.5, 0.6) is 0 Å². The average molecular weight is 322 g/mol. The monoisotopic (exact) mass is 323 g/mol. The smallest absolute Gasteiger partial charge is 0 e. The van der Waals surface area contributed by atoms with Crippen molar-refractivity contribution in [3.05, 3.63) is 36.0 Å². The van der Waals surface area contributed by atoms with Gasteiger partial charge in [0.25, 0.3) is 0 Å². The topological polar surface area (TPSA) is 14.1 Å². The van der Waals surface area contributed by atoms with E-state index >= 15 is 0 Å². The molecule has 1 aromatic carbocycles. The summed E-state index contributed by atoms with van der Waals surface area (Å²) in [6.07, 6.45) is 0. The van der Waals surface area contributed by atoms with E-state index in [9.17, 15) is 0 Å². The maximum atomic E-state index is 4.31. The molecule has 0 unspecified atom stereocenters. The van der Waals surface area contributed by atoms with Crippen molar-refractivity contribution < 1.29 is 20.1 Å². The van der Waals surface area contributed by atoms with Crippen molar-refractivity contribution in [1.29, 1.82) is 0 Å². The number of rotatable bonds is 0. The van der Waals surface area contributed by atoms with Crippen LogP contribution in [0.4, 0.5) is 0 Å². The summed E-state index contributed by atoms with van der Waals surface area (Å²) >= 11 is 0. The van der Waals surface area contributed by atoms with E-state index in [0.717, 1.165) is 11.2 Å². The standard InChI is InChI=1S/C9H8N.Ir/c1-7-6-8-4-2-3-5-9(8)10-7;/h2-6H,1H3;/q-1;. The van der Waals surface area contributed by atoms with E-state index in [-0.39, 0.29) is 20.1 Å². The first-order valence-electron chi connectivity index (χ1n) is 3.35. The van der Waals surface area contributed by atoms with Gasteiger partial charge in [-0.1, -0.05) is 37.3 Å². The molecular formula is C9H8IrN-. The van der Waals surface area contributed by atoms with Gasteiger partial charge in [0.05, 0.1) is 0 Å². The van der Waals surface area contributed by atoms with E-state index < -0.39 is 0 Å². The quantitative estimate of drug-likeness (QED) is 0.724. The number of benzene rings is 1. The van der Waals surface area contributed by atoms with E-state index in [1.807, 2.05) is 25.1 Å². The zero-order chi connectivity index (χ0) is 6.97. The first kappa shape index (κ1) is 8.51. The third-order valence-electron chi connectivity index (χ3n) is 1.60. The molecule has 11 heavy (non-hydrogen) atoms.